The maximum atomic E-state index is 12.2. The highest BCUT2D eigenvalue weighted by Gasteiger charge is 2.29. The average Bonchev–Trinajstić information content (AvgIpc) is 2.45. The molecule has 132 valence electrons. The molecule has 0 saturated carbocycles. The van der Waals surface area contributed by atoms with E-state index in [0.717, 1.165) is 12.8 Å². The lowest BCUT2D eigenvalue weighted by Gasteiger charge is -2.34. The average molecular weight is 357 g/mol. The van der Waals surface area contributed by atoms with Crippen LogP contribution in [0.15, 0.2) is 12.3 Å². The van der Waals surface area contributed by atoms with Gasteiger partial charge in [0.15, 0.2) is 0 Å². The largest absolute Gasteiger partial charge is 0.444 e. The molecule has 2 heterocycles. The number of piperidine rings is 1. The first-order chi connectivity index (χ1) is 11.2. The Hall–Kier alpha value is -2.09. The van der Waals surface area contributed by atoms with Gasteiger partial charge < -0.3 is 15.0 Å². The number of carbonyl (C=O) groups is 1. The summed E-state index contributed by atoms with van der Waals surface area (Å²) in [6, 6.07) is 1.39. The summed E-state index contributed by atoms with van der Waals surface area (Å²) in [5.74, 6) is 0. The molecule has 1 aromatic heterocycles. The zero-order chi connectivity index (χ0) is 17.9. The second kappa shape index (κ2) is 7.21. The van der Waals surface area contributed by atoms with Crippen LogP contribution in [0.1, 0.15) is 33.6 Å². The lowest BCUT2D eigenvalue weighted by atomic mass is 10.1. The normalized spacial score (nSPS) is 18.2. The number of anilines is 1. The number of hydrogen-bond donors (Lipinski definition) is 1. The highest BCUT2D eigenvalue weighted by Crippen LogP contribution is 2.31. The highest BCUT2D eigenvalue weighted by molar-refractivity contribution is 6.32. The summed E-state index contributed by atoms with van der Waals surface area (Å²) < 4.78 is 5.38. The Morgan fingerprint density at radius 3 is 2.88 bits per heavy atom. The number of likely N-dealkylation sites (tertiary alicyclic amines) is 1. The zero-order valence-corrected chi connectivity index (χ0v) is 14.7. The Labute approximate surface area is 145 Å². The fourth-order valence-corrected chi connectivity index (χ4v) is 2.75. The number of aromatic nitrogens is 1. The van der Waals surface area contributed by atoms with Crippen molar-refractivity contribution in [3.63, 3.8) is 0 Å². The molecular weight excluding hydrogens is 336 g/mol. The summed E-state index contributed by atoms with van der Waals surface area (Å²) in [5.41, 5.74) is -0.515. The SMILES string of the molecule is CC(C)(C)OC(=O)N1CCCC(Nc2ccnc(Cl)c2[N+](=O)[O-])C1. The Morgan fingerprint density at radius 2 is 2.25 bits per heavy atom. The van der Waals surface area contributed by atoms with Gasteiger partial charge in [0.1, 0.15) is 11.3 Å². The number of amides is 1. The molecule has 0 aromatic carbocycles. The van der Waals surface area contributed by atoms with Crippen LogP contribution in [0.5, 0.6) is 0 Å². The number of rotatable bonds is 3. The summed E-state index contributed by atoms with van der Waals surface area (Å²) in [6.07, 6.45) is 2.60. The van der Waals surface area contributed by atoms with Crippen LogP contribution in [0, 0.1) is 10.1 Å². The number of pyridine rings is 1. The van der Waals surface area contributed by atoms with Gasteiger partial charge in [-0.05, 0) is 39.7 Å². The lowest BCUT2D eigenvalue weighted by Crippen LogP contribution is -2.47. The number of halogens is 1. The molecule has 2 rings (SSSR count). The second-order valence-electron chi connectivity index (χ2n) is 6.66. The molecule has 1 aliphatic heterocycles. The Balaban J connectivity index is 2.08. The summed E-state index contributed by atoms with van der Waals surface area (Å²) in [4.78, 5) is 28.1. The van der Waals surface area contributed by atoms with Gasteiger partial charge in [-0.3, -0.25) is 10.1 Å². The first kappa shape index (κ1) is 18.3. The Morgan fingerprint density at radius 1 is 1.54 bits per heavy atom. The van der Waals surface area contributed by atoms with Crippen molar-refractivity contribution in [2.75, 3.05) is 18.4 Å². The van der Waals surface area contributed by atoms with Crippen LogP contribution in [-0.4, -0.2) is 45.6 Å². The van der Waals surface area contributed by atoms with E-state index in [-0.39, 0.29) is 23.0 Å². The van der Waals surface area contributed by atoms with Crippen molar-refractivity contribution >= 4 is 29.1 Å². The van der Waals surface area contributed by atoms with Crippen LogP contribution in [0.25, 0.3) is 0 Å². The number of ether oxygens (including phenoxy) is 1. The summed E-state index contributed by atoms with van der Waals surface area (Å²) in [5, 5.41) is 14.1. The highest BCUT2D eigenvalue weighted by atomic mass is 35.5. The van der Waals surface area contributed by atoms with E-state index < -0.39 is 10.5 Å². The second-order valence-corrected chi connectivity index (χ2v) is 7.02. The minimum atomic E-state index is -0.563. The minimum absolute atomic E-state index is 0.122. The molecule has 9 heteroatoms. The third kappa shape index (κ3) is 4.70. The molecule has 1 N–H and O–H groups in total. The van der Waals surface area contributed by atoms with Crippen LogP contribution in [0.2, 0.25) is 5.15 Å². The molecule has 0 spiro atoms. The van der Waals surface area contributed by atoms with Crippen molar-refractivity contribution in [1.29, 1.82) is 0 Å². The quantitative estimate of drug-likeness (QED) is 0.506. The van der Waals surface area contributed by atoms with Crippen LogP contribution in [-0.2, 0) is 4.74 Å². The molecule has 1 aliphatic rings. The molecular formula is C15H21ClN4O4. The van der Waals surface area contributed by atoms with E-state index in [1.54, 1.807) is 4.90 Å². The number of nitrogens with zero attached hydrogens (tertiary/aromatic N) is 3. The third-order valence-corrected chi connectivity index (χ3v) is 3.77. The van der Waals surface area contributed by atoms with Gasteiger partial charge in [0.25, 0.3) is 0 Å². The Kier molecular flexibility index (Phi) is 5.48. The molecule has 1 fully saturated rings. The molecule has 1 atom stereocenters. The monoisotopic (exact) mass is 356 g/mol. The van der Waals surface area contributed by atoms with E-state index in [0.29, 0.717) is 18.8 Å². The van der Waals surface area contributed by atoms with Gasteiger partial charge in [-0.1, -0.05) is 11.6 Å². The van der Waals surface area contributed by atoms with E-state index in [1.165, 1.54) is 12.3 Å². The van der Waals surface area contributed by atoms with Gasteiger partial charge >= 0.3 is 11.8 Å². The zero-order valence-electron chi connectivity index (χ0n) is 13.9. The molecule has 24 heavy (non-hydrogen) atoms. The van der Waals surface area contributed by atoms with E-state index in [1.807, 2.05) is 20.8 Å². The van der Waals surface area contributed by atoms with Gasteiger partial charge in [0.05, 0.1) is 4.92 Å². The van der Waals surface area contributed by atoms with Gasteiger partial charge in [0, 0.05) is 25.3 Å². The molecule has 8 nitrogen and oxygen atoms in total. The Bertz CT molecular complexity index is 632. The van der Waals surface area contributed by atoms with Crippen molar-refractivity contribution in [2.45, 2.75) is 45.3 Å². The summed E-state index contributed by atoms with van der Waals surface area (Å²) in [7, 11) is 0. The molecule has 0 bridgehead atoms. The van der Waals surface area contributed by atoms with Crippen molar-refractivity contribution in [2.24, 2.45) is 0 Å². The minimum Gasteiger partial charge on any atom is -0.444 e. The van der Waals surface area contributed by atoms with E-state index in [2.05, 4.69) is 10.3 Å². The fraction of sp³-hybridized carbons (Fsp3) is 0.600. The van der Waals surface area contributed by atoms with Gasteiger partial charge in [0.2, 0.25) is 5.15 Å². The predicted molar refractivity (Wildman–Crippen MR) is 90.4 cm³/mol. The number of hydrogen-bond acceptors (Lipinski definition) is 6. The number of nitrogens with one attached hydrogen (secondary N) is 1. The van der Waals surface area contributed by atoms with Gasteiger partial charge in [-0.2, -0.15) is 0 Å². The molecule has 1 amide bonds. The van der Waals surface area contributed by atoms with E-state index in [4.69, 9.17) is 16.3 Å². The van der Waals surface area contributed by atoms with Crippen molar-refractivity contribution in [3.05, 3.63) is 27.5 Å². The molecule has 1 unspecified atom stereocenters. The maximum Gasteiger partial charge on any atom is 0.410 e. The van der Waals surface area contributed by atoms with Crippen molar-refractivity contribution in [3.8, 4) is 0 Å². The topological polar surface area (TPSA) is 97.6 Å². The first-order valence-electron chi connectivity index (χ1n) is 7.71. The number of carbonyl (C=O) groups excluding carboxylic acids is 1. The summed E-state index contributed by atoms with van der Waals surface area (Å²) >= 11 is 5.82. The van der Waals surface area contributed by atoms with Crippen molar-refractivity contribution < 1.29 is 14.5 Å². The smallest absolute Gasteiger partial charge is 0.410 e. The number of nitro groups is 1. The van der Waals surface area contributed by atoms with Crippen LogP contribution in [0.4, 0.5) is 16.2 Å². The maximum absolute atomic E-state index is 12.2. The molecule has 1 aromatic rings. The van der Waals surface area contributed by atoms with Gasteiger partial charge in [-0.15, -0.1) is 0 Å². The third-order valence-electron chi connectivity index (χ3n) is 3.49. The van der Waals surface area contributed by atoms with Crippen LogP contribution >= 0.6 is 11.6 Å². The molecule has 0 radical (unpaired) electrons. The fourth-order valence-electron chi connectivity index (χ4n) is 2.53. The lowest BCUT2D eigenvalue weighted by molar-refractivity contribution is -0.384. The standard InChI is InChI=1S/C15H21ClN4O4/c1-15(2,3)24-14(21)19-8-4-5-10(9-19)18-11-6-7-17-13(16)12(11)20(22)23/h6-7,10H,4-5,8-9H2,1-3H3,(H,17,18). The van der Waals surface area contributed by atoms with Crippen LogP contribution < -0.4 is 5.32 Å². The van der Waals surface area contributed by atoms with Gasteiger partial charge in [-0.25, -0.2) is 9.78 Å². The van der Waals surface area contributed by atoms with Crippen molar-refractivity contribution in [1.82, 2.24) is 9.88 Å². The molecule has 1 saturated heterocycles. The van der Waals surface area contributed by atoms with E-state index in [9.17, 15) is 14.9 Å². The van der Waals surface area contributed by atoms with E-state index >= 15 is 0 Å². The predicted octanol–water partition coefficient (Wildman–Crippen LogP) is 3.45. The summed E-state index contributed by atoms with van der Waals surface area (Å²) in [6.45, 7) is 6.45. The molecule has 0 aliphatic carbocycles. The first-order valence-corrected chi connectivity index (χ1v) is 8.08. The van der Waals surface area contributed by atoms with Crippen LogP contribution in [0.3, 0.4) is 0 Å².